The lowest BCUT2D eigenvalue weighted by atomic mass is 9.96. The van der Waals surface area contributed by atoms with Crippen molar-refractivity contribution in [2.24, 2.45) is 0 Å². The lowest BCUT2D eigenvalue weighted by Gasteiger charge is -2.35. The molecular weight excluding hydrogens is 303 g/mol. The van der Waals surface area contributed by atoms with Crippen molar-refractivity contribution in [3.05, 3.63) is 53.5 Å². The highest BCUT2D eigenvalue weighted by Crippen LogP contribution is 2.32. The Bertz CT molecular complexity index is 678. The summed E-state index contributed by atoms with van der Waals surface area (Å²) in [4.78, 5) is 7.15. The highest BCUT2D eigenvalue weighted by molar-refractivity contribution is 5.21. The average Bonchev–Trinajstić information content (AvgIpc) is 3.29. The normalized spacial score (nSPS) is 23.0. The first kappa shape index (κ1) is 15.8. The van der Waals surface area contributed by atoms with Gasteiger partial charge < -0.3 is 4.42 Å². The molecule has 2 heterocycles. The molecule has 0 radical (unpaired) electrons. The molecule has 4 rings (SSSR count). The number of nitrogens with zero attached hydrogens (tertiary/aromatic N) is 2. The molecule has 2 aliphatic rings. The van der Waals surface area contributed by atoms with E-state index >= 15 is 0 Å². The van der Waals surface area contributed by atoms with Crippen LogP contribution in [0.4, 0.5) is 4.39 Å². The van der Waals surface area contributed by atoms with Crippen molar-refractivity contribution < 1.29 is 8.81 Å². The van der Waals surface area contributed by atoms with Gasteiger partial charge in [0.25, 0.3) is 0 Å². The van der Waals surface area contributed by atoms with E-state index in [1.165, 1.54) is 44.7 Å². The highest BCUT2D eigenvalue weighted by atomic mass is 19.1. The summed E-state index contributed by atoms with van der Waals surface area (Å²) in [5.74, 6) is 1.80. The number of aromatic nitrogens is 1. The molecule has 24 heavy (non-hydrogen) atoms. The van der Waals surface area contributed by atoms with Gasteiger partial charge in [0.2, 0.25) is 0 Å². The monoisotopic (exact) mass is 328 g/mol. The smallest absolute Gasteiger partial charge is 0.198 e. The third kappa shape index (κ3) is 3.39. The van der Waals surface area contributed by atoms with E-state index in [9.17, 15) is 4.39 Å². The molecule has 2 aromatic rings. The maximum absolute atomic E-state index is 13.8. The summed E-state index contributed by atoms with van der Waals surface area (Å²) in [6.45, 7) is 2.27. The molecule has 128 valence electrons. The molecule has 0 unspecified atom stereocenters. The van der Waals surface area contributed by atoms with Crippen LogP contribution in [0, 0.1) is 5.82 Å². The molecule has 1 aliphatic heterocycles. The molecule has 1 aromatic heterocycles. The summed E-state index contributed by atoms with van der Waals surface area (Å²) in [5.41, 5.74) is 0.663. The molecule has 0 N–H and O–H groups in total. The molecule has 1 atom stereocenters. The predicted molar refractivity (Wildman–Crippen MR) is 91.5 cm³/mol. The molecule has 1 aromatic carbocycles. The lowest BCUT2D eigenvalue weighted by Crippen LogP contribution is -2.40. The minimum absolute atomic E-state index is 0.180. The van der Waals surface area contributed by atoms with Crippen LogP contribution in [-0.2, 0) is 6.42 Å². The zero-order valence-corrected chi connectivity index (χ0v) is 14.1. The second-order valence-corrected chi connectivity index (χ2v) is 7.21. The van der Waals surface area contributed by atoms with Gasteiger partial charge in [-0.2, -0.15) is 0 Å². The van der Waals surface area contributed by atoms with Crippen LogP contribution >= 0.6 is 0 Å². The molecule has 0 bridgehead atoms. The Hall–Kier alpha value is -1.68. The minimum atomic E-state index is -0.180. The van der Waals surface area contributed by atoms with E-state index in [1.807, 2.05) is 6.07 Å². The number of likely N-dealkylation sites (tertiary alicyclic amines) is 1. The van der Waals surface area contributed by atoms with Crippen LogP contribution in [0.2, 0.25) is 0 Å². The van der Waals surface area contributed by atoms with Gasteiger partial charge in [-0.1, -0.05) is 31.0 Å². The molecule has 2 fully saturated rings. The van der Waals surface area contributed by atoms with E-state index in [2.05, 4.69) is 9.88 Å². The van der Waals surface area contributed by atoms with Crippen LogP contribution in [-0.4, -0.2) is 29.0 Å². The molecule has 1 saturated heterocycles. The number of oxazole rings is 1. The molecule has 0 amide bonds. The number of piperidine rings is 1. The first-order chi connectivity index (χ1) is 11.8. The summed E-state index contributed by atoms with van der Waals surface area (Å²) in [6.07, 6.45) is 10.0. The Kier molecular flexibility index (Phi) is 4.65. The van der Waals surface area contributed by atoms with Crippen molar-refractivity contribution in [2.75, 3.05) is 13.1 Å². The second-order valence-electron chi connectivity index (χ2n) is 7.21. The van der Waals surface area contributed by atoms with E-state index < -0.39 is 0 Å². The van der Waals surface area contributed by atoms with Gasteiger partial charge in [0, 0.05) is 24.9 Å². The van der Waals surface area contributed by atoms with Crippen LogP contribution in [0.5, 0.6) is 0 Å². The topological polar surface area (TPSA) is 29.3 Å². The quantitative estimate of drug-likeness (QED) is 0.826. The van der Waals surface area contributed by atoms with Crippen molar-refractivity contribution in [3.63, 3.8) is 0 Å². The number of halogens is 1. The fraction of sp³-hybridized carbons (Fsp3) is 0.550. The van der Waals surface area contributed by atoms with Gasteiger partial charge in [-0.15, -0.1) is 0 Å². The van der Waals surface area contributed by atoms with Crippen molar-refractivity contribution >= 4 is 0 Å². The van der Waals surface area contributed by atoms with Gasteiger partial charge in [0.05, 0.1) is 6.20 Å². The Balaban J connectivity index is 1.43. The Morgan fingerprint density at radius 2 is 1.96 bits per heavy atom. The van der Waals surface area contributed by atoms with E-state index in [0.717, 1.165) is 30.7 Å². The van der Waals surface area contributed by atoms with Gasteiger partial charge >= 0.3 is 0 Å². The largest absolute Gasteiger partial charge is 0.445 e. The molecule has 3 nitrogen and oxygen atoms in total. The van der Waals surface area contributed by atoms with Crippen LogP contribution in [0.15, 0.2) is 34.9 Å². The van der Waals surface area contributed by atoms with Crippen LogP contribution in [0.25, 0.3) is 0 Å². The first-order valence-electron chi connectivity index (χ1n) is 9.21. The highest BCUT2D eigenvalue weighted by Gasteiger charge is 2.30. The zero-order chi connectivity index (χ0) is 16.4. The average molecular weight is 328 g/mol. The van der Waals surface area contributed by atoms with Gasteiger partial charge in [-0.3, -0.25) is 4.90 Å². The van der Waals surface area contributed by atoms with Crippen molar-refractivity contribution in [1.29, 1.82) is 0 Å². The van der Waals surface area contributed by atoms with Crippen molar-refractivity contribution in [3.8, 4) is 0 Å². The summed E-state index contributed by atoms with van der Waals surface area (Å²) < 4.78 is 19.8. The minimum Gasteiger partial charge on any atom is -0.445 e. The first-order valence-corrected chi connectivity index (χ1v) is 9.21. The molecule has 1 aliphatic carbocycles. The van der Waals surface area contributed by atoms with Gasteiger partial charge in [-0.05, 0) is 43.9 Å². The Morgan fingerprint density at radius 1 is 1.12 bits per heavy atom. The van der Waals surface area contributed by atoms with Crippen LogP contribution in [0.1, 0.15) is 61.7 Å². The summed E-state index contributed by atoms with van der Waals surface area (Å²) >= 11 is 0. The van der Waals surface area contributed by atoms with E-state index in [1.54, 1.807) is 18.3 Å². The molecular formula is C20H25FN2O. The third-order valence-electron chi connectivity index (χ3n) is 5.54. The van der Waals surface area contributed by atoms with Gasteiger partial charge in [0.15, 0.2) is 5.89 Å². The third-order valence-corrected chi connectivity index (χ3v) is 5.54. The fourth-order valence-electron chi connectivity index (χ4n) is 4.23. The summed E-state index contributed by atoms with van der Waals surface area (Å²) in [6, 6.07) is 7.63. The molecule has 0 spiro atoms. The number of benzene rings is 1. The van der Waals surface area contributed by atoms with Crippen molar-refractivity contribution in [1.82, 2.24) is 9.88 Å². The molecule has 1 saturated carbocycles. The van der Waals surface area contributed by atoms with Crippen molar-refractivity contribution in [2.45, 2.75) is 56.9 Å². The summed E-state index contributed by atoms with van der Waals surface area (Å²) in [7, 11) is 0. The Morgan fingerprint density at radius 3 is 2.79 bits per heavy atom. The summed E-state index contributed by atoms with van der Waals surface area (Å²) in [5, 5.41) is 0. The number of hydrogen-bond donors (Lipinski definition) is 0. The Labute approximate surface area is 142 Å². The second kappa shape index (κ2) is 7.06. The van der Waals surface area contributed by atoms with E-state index in [4.69, 9.17) is 4.42 Å². The fourth-order valence-corrected chi connectivity index (χ4v) is 4.23. The maximum Gasteiger partial charge on any atom is 0.198 e. The van der Waals surface area contributed by atoms with Gasteiger partial charge in [-0.25, -0.2) is 9.37 Å². The number of rotatable bonds is 4. The van der Waals surface area contributed by atoms with Gasteiger partial charge in [0.1, 0.15) is 11.6 Å². The van der Waals surface area contributed by atoms with Crippen LogP contribution < -0.4 is 0 Å². The lowest BCUT2D eigenvalue weighted by molar-refractivity contribution is 0.140. The SMILES string of the molecule is Fc1ccccc1Cc1cnc([C@@H]2CCCN(C3CCCC3)C2)o1. The van der Waals surface area contributed by atoms with Crippen LogP contribution in [0.3, 0.4) is 0 Å². The standard InChI is InChI=1S/C20H25FN2O/c21-19-10-4-1-6-15(19)12-18-13-22-20(24-18)16-7-5-11-23(14-16)17-8-2-3-9-17/h1,4,6,10,13,16-17H,2-3,5,7-9,11-12,14H2/t16-/m1/s1. The number of hydrogen-bond acceptors (Lipinski definition) is 3. The van der Waals surface area contributed by atoms with E-state index in [-0.39, 0.29) is 5.82 Å². The van der Waals surface area contributed by atoms with E-state index in [0.29, 0.717) is 17.9 Å². The molecule has 4 heteroatoms. The maximum atomic E-state index is 13.8. The zero-order valence-electron chi connectivity index (χ0n) is 14.1. The predicted octanol–water partition coefficient (Wildman–Crippen LogP) is 4.53.